The van der Waals surface area contributed by atoms with Gasteiger partial charge in [0.25, 0.3) is 0 Å². The summed E-state index contributed by atoms with van der Waals surface area (Å²) in [6, 6.07) is 16.4. The Labute approximate surface area is 172 Å². The van der Waals surface area contributed by atoms with Gasteiger partial charge in [-0.25, -0.2) is 0 Å². The van der Waals surface area contributed by atoms with E-state index >= 15 is 0 Å². The third-order valence-electron chi connectivity index (χ3n) is 4.44. The minimum absolute atomic E-state index is 0.127. The second-order valence-electron chi connectivity index (χ2n) is 6.02. The van der Waals surface area contributed by atoms with E-state index in [9.17, 15) is 0 Å². The van der Waals surface area contributed by atoms with Crippen LogP contribution >= 0.6 is 34.7 Å². The number of rotatable bonds is 4. The number of thiophene rings is 1. The molecule has 1 aliphatic rings. The van der Waals surface area contributed by atoms with E-state index < -0.39 is 0 Å². The van der Waals surface area contributed by atoms with Crippen molar-refractivity contribution in [2.45, 2.75) is 16.6 Å². The number of para-hydroxylation sites is 1. The molecule has 138 valence electrons. The smallest absolute Gasteiger partial charge is 0.179 e. The summed E-state index contributed by atoms with van der Waals surface area (Å²) >= 11 is 10.2. The van der Waals surface area contributed by atoms with Gasteiger partial charge in [0.15, 0.2) is 11.5 Å². The highest BCUT2D eigenvalue weighted by Gasteiger charge is 2.26. The lowest BCUT2D eigenvalue weighted by atomic mass is 10.0. The molecule has 0 N–H and O–H groups in total. The number of benzene rings is 2. The van der Waals surface area contributed by atoms with E-state index in [0.717, 1.165) is 28.3 Å². The Balaban J connectivity index is 1.82. The average molecular weight is 416 g/mol. The van der Waals surface area contributed by atoms with Crippen molar-refractivity contribution in [3.8, 4) is 11.5 Å². The molecule has 2 aromatic carbocycles. The van der Waals surface area contributed by atoms with Crippen molar-refractivity contribution in [3.63, 3.8) is 0 Å². The maximum atomic E-state index is 6.72. The molecule has 3 aromatic rings. The number of halogens is 1. The lowest BCUT2D eigenvalue weighted by Crippen LogP contribution is -2.05. The number of hydrogen-bond acceptors (Lipinski definition) is 5. The molecule has 0 spiro atoms. The van der Waals surface area contributed by atoms with Crippen LogP contribution in [0.1, 0.15) is 22.1 Å². The molecule has 0 unspecified atom stereocenters. The molecule has 6 heteroatoms. The third kappa shape index (κ3) is 3.59. The predicted octanol–water partition coefficient (Wildman–Crippen LogP) is 6.78. The summed E-state index contributed by atoms with van der Waals surface area (Å²) in [4.78, 5) is 7.31. The number of thioether (sulfide) groups is 1. The fraction of sp³-hybridized carbons (Fsp3) is 0.190. The largest absolute Gasteiger partial charge is 0.493 e. The van der Waals surface area contributed by atoms with Crippen LogP contribution in [-0.2, 0) is 0 Å². The second kappa shape index (κ2) is 7.97. The summed E-state index contributed by atoms with van der Waals surface area (Å²) in [6.45, 7) is 0. The van der Waals surface area contributed by atoms with Crippen LogP contribution in [-0.4, -0.2) is 19.9 Å². The monoisotopic (exact) mass is 415 g/mol. The van der Waals surface area contributed by atoms with Crippen LogP contribution in [0.25, 0.3) is 0 Å². The van der Waals surface area contributed by atoms with Crippen LogP contribution < -0.4 is 9.47 Å². The molecule has 4 rings (SSSR count). The van der Waals surface area contributed by atoms with Gasteiger partial charge >= 0.3 is 0 Å². The summed E-state index contributed by atoms with van der Waals surface area (Å²) in [5, 5.41) is 2.81. The van der Waals surface area contributed by atoms with Crippen LogP contribution in [0.5, 0.6) is 11.5 Å². The van der Waals surface area contributed by atoms with Gasteiger partial charge in [0.1, 0.15) is 0 Å². The van der Waals surface area contributed by atoms with E-state index in [2.05, 4.69) is 29.6 Å². The predicted molar refractivity (Wildman–Crippen MR) is 115 cm³/mol. The molecule has 1 aromatic heterocycles. The normalized spacial score (nSPS) is 16.3. The zero-order valence-electron chi connectivity index (χ0n) is 14.9. The van der Waals surface area contributed by atoms with Gasteiger partial charge in [-0.05, 0) is 35.2 Å². The lowest BCUT2D eigenvalue weighted by molar-refractivity contribution is 0.354. The Morgan fingerprint density at radius 1 is 1.04 bits per heavy atom. The van der Waals surface area contributed by atoms with Crippen LogP contribution in [0.15, 0.2) is 63.8 Å². The number of methoxy groups -OCH3 is 2. The van der Waals surface area contributed by atoms with E-state index in [1.165, 1.54) is 4.88 Å². The first-order valence-electron chi connectivity index (χ1n) is 8.48. The van der Waals surface area contributed by atoms with Crippen LogP contribution in [0.2, 0.25) is 5.02 Å². The average Bonchev–Trinajstić information content (AvgIpc) is 3.15. The first-order chi connectivity index (χ1) is 13.2. The van der Waals surface area contributed by atoms with Crippen molar-refractivity contribution in [1.82, 2.24) is 0 Å². The quantitative estimate of drug-likeness (QED) is 0.470. The van der Waals surface area contributed by atoms with Gasteiger partial charge in [0.2, 0.25) is 0 Å². The minimum atomic E-state index is 0.127. The van der Waals surface area contributed by atoms with E-state index in [-0.39, 0.29) is 5.25 Å². The molecule has 0 amide bonds. The summed E-state index contributed by atoms with van der Waals surface area (Å²) in [7, 11) is 3.23. The van der Waals surface area contributed by atoms with E-state index in [1.807, 2.05) is 24.3 Å². The van der Waals surface area contributed by atoms with Crippen LogP contribution in [0.4, 0.5) is 5.69 Å². The van der Waals surface area contributed by atoms with Crippen molar-refractivity contribution >= 4 is 46.1 Å². The zero-order chi connectivity index (χ0) is 18.8. The number of ether oxygens (including phenoxy) is 2. The van der Waals surface area contributed by atoms with Gasteiger partial charge < -0.3 is 9.47 Å². The standard InChI is InChI=1S/C21H18ClNO2S2/c1-24-16-10-9-13(20(22)21(16)25-2)19-12-15(17-8-5-11-26-17)23-14-6-3-4-7-18(14)27-19/h3-11,19H,12H2,1-2H3/t19-/m0/s1. The van der Waals surface area contributed by atoms with Crippen LogP contribution in [0, 0.1) is 0 Å². The van der Waals surface area contributed by atoms with Crippen molar-refractivity contribution in [2.24, 2.45) is 4.99 Å². The summed E-state index contributed by atoms with van der Waals surface area (Å²) in [6.07, 6.45) is 0.787. The molecular formula is C21H18ClNO2S2. The van der Waals surface area contributed by atoms with Crippen molar-refractivity contribution in [2.75, 3.05) is 14.2 Å². The lowest BCUT2D eigenvalue weighted by Gasteiger charge is -2.20. The molecule has 0 aliphatic carbocycles. The van der Waals surface area contributed by atoms with Crippen molar-refractivity contribution in [1.29, 1.82) is 0 Å². The number of nitrogens with zero attached hydrogens (tertiary/aromatic N) is 1. The van der Waals surface area contributed by atoms with Gasteiger partial charge in [-0.15, -0.1) is 23.1 Å². The Hall–Kier alpha value is -1.95. The molecule has 27 heavy (non-hydrogen) atoms. The molecule has 1 atom stereocenters. The first kappa shape index (κ1) is 18.4. The summed E-state index contributed by atoms with van der Waals surface area (Å²) < 4.78 is 10.9. The maximum Gasteiger partial charge on any atom is 0.179 e. The molecule has 0 saturated carbocycles. The van der Waals surface area contributed by atoms with E-state index in [1.54, 1.807) is 37.3 Å². The number of hydrogen-bond donors (Lipinski definition) is 0. The molecule has 0 bridgehead atoms. The van der Waals surface area contributed by atoms with Crippen LogP contribution in [0.3, 0.4) is 0 Å². The molecule has 0 saturated heterocycles. The van der Waals surface area contributed by atoms with E-state index in [0.29, 0.717) is 16.5 Å². The molecule has 0 radical (unpaired) electrons. The topological polar surface area (TPSA) is 30.8 Å². The molecule has 2 heterocycles. The minimum Gasteiger partial charge on any atom is -0.493 e. The first-order valence-corrected chi connectivity index (χ1v) is 10.6. The Kier molecular flexibility index (Phi) is 5.43. The number of fused-ring (bicyclic) bond motifs is 1. The fourth-order valence-electron chi connectivity index (χ4n) is 3.14. The number of aliphatic imine (C=N–C) groups is 1. The Morgan fingerprint density at radius 2 is 1.89 bits per heavy atom. The Bertz CT molecular complexity index is 986. The van der Waals surface area contributed by atoms with Gasteiger partial charge in [-0.3, -0.25) is 4.99 Å². The summed E-state index contributed by atoms with van der Waals surface area (Å²) in [5.74, 6) is 1.21. The SMILES string of the molecule is COc1ccc([C@@H]2CC(c3cccs3)=Nc3ccccc3S2)c(Cl)c1OC. The molecule has 0 fully saturated rings. The fourth-order valence-corrected chi connectivity index (χ4v) is 5.55. The maximum absolute atomic E-state index is 6.72. The summed E-state index contributed by atoms with van der Waals surface area (Å²) in [5.41, 5.74) is 3.11. The van der Waals surface area contributed by atoms with Gasteiger partial charge in [-0.1, -0.05) is 35.9 Å². The molecule has 3 nitrogen and oxygen atoms in total. The van der Waals surface area contributed by atoms with E-state index in [4.69, 9.17) is 26.1 Å². The highest BCUT2D eigenvalue weighted by Crippen LogP contribution is 2.50. The zero-order valence-corrected chi connectivity index (χ0v) is 17.3. The molecule has 1 aliphatic heterocycles. The van der Waals surface area contributed by atoms with Gasteiger partial charge in [0.05, 0.1) is 30.6 Å². The van der Waals surface area contributed by atoms with Crippen molar-refractivity contribution < 1.29 is 9.47 Å². The highest BCUT2D eigenvalue weighted by atomic mass is 35.5. The van der Waals surface area contributed by atoms with Gasteiger partial charge in [-0.2, -0.15) is 0 Å². The third-order valence-corrected chi connectivity index (χ3v) is 7.05. The second-order valence-corrected chi connectivity index (χ2v) is 8.59. The highest BCUT2D eigenvalue weighted by molar-refractivity contribution is 7.99. The van der Waals surface area contributed by atoms with Crippen molar-refractivity contribution in [3.05, 3.63) is 69.4 Å². The van der Waals surface area contributed by atoms with Gasteiger partial charge in [0, 0.05) is 21.4 Å². The Morgan fingerprint density at radius 3 is 2.63 bits per heavy atom. The molecular weight excluding hydrogens is 398 g/mol.